The Kier molecular flexibility index (Phi) is 5.20. The lowest BCUT2D eigenvalue weighted by Gasteiger charge is -2.18. The van der Waals surface area contributed by atoms with E-state index in [9.17, 15) is 0 Å². The van der Waals surface area contributed by atoms with Crippen LogP contribution in [0.2, 0.25) is 5.02 Å². The monoisotopic (exact) mass is 359 g/mol. The fraction of sp³-hybridized carbons (Fsp3) is 0.389. The molecule has 0 unspecified atom stereocenters. The van der Waals surface area contributed by atoms with Gasteiger partial charge in [-0.05, 0) is 24.3 Å². The number of benzene rings is 1. The van der Waals surface area contributed by atoms with Gasteiger partial charge in [0.05, 0.1) is 6.20 Å². The highest BCUT2D eigenvalue weighted by Gasteiger charge is 2.19. The lowest BCUT2D eigenvalue weighted by molar-refractivity contribution is 0.376. The average Bonchev–Trinajstić information content (AvgIpc) is 3.21. The molecule has 132 valence electrons. The molecular formula is C18H22ClN5O. The van der Waals surface area contributed by atoms with Gasteiger partial charge in [0.25, 0.3) is 0 Å². The van der Waals surface area contributed by atoms with Crippen molar-refractivity contribution in [2.24, 2.45) is 0 Å². The molecule has 0 amide bonds. The van der Waals surface area contributed by atoms with Crippen LogP contribution in [0.4, 0.5) is 0 Å². The second-order valence-corrected chi connectivity index (χ2v) is 7.40. The van der Waals surface area contributed by atoms with Crippen LogP contribution in [-0.4, -0.2) is 26.9 Å². The van der Waals surface area contributed by atoms with Gasteiger partial charge >= 0.3 is 0 Å². The zero-order valence-electron chi connectivity index (χ0n) is 14.6. The van der Waals surface area contributed by atoms with Crippen LogP contribution >= 0.6 is 11.6 Å². The summed E-state index contributed by atoms with van der Waals surface area (Å²) in [5, 5.41) is 15.3. The third-order valence-corrected chi connectivity index (χ3v) is 4.12. The number of H-pyrrole nitrogens is 1. The number of nitrogens with one attached hydrogen (secondary N) is 2. The van der Waals surface area contributed by atoms with Crippen LogP contribution in [0.15, 0.2) is 35.0 Å². The van der Waals surface area contributed by atoms with Crippen molar-refractivity contribution in [1.29, 1.82) is 0 Å². The molecule has 25 heavy (non-hydrogen) atoms. The Bertz CT molecular complexity index is 817. The predicted octanol–water partition coefficient (Wildman–Crippen LogP) is 3.74. The molecule has 0 atom stereocenters. The minimum Gasteiger partial charge on any atom is -0.339 e. The molecule has 7 heteroatoms. The van der Waals surface area contributed by atoms with Gasteiger partial charge in [0.2, 0.25) is 11.7 Å². The lowest BCUT2D eigenvalue weighted by atomic mass is 9.89. The van der Waals surface area contributed by atoms with Crippen LogP contribution in [0, 0.1) is 0 Å². The zero-order chi connectivity index (χ0) is 17.9. The Morgan fingerprint density at radius 3 is 2.68 bits per heavy atom. The van der Waals surface area contributed by atoms with E-state index < -0.39 is 0 Å². The summed E-state index contributed by atoms with van der Waals surface area (Å²) in [5.74, 6) is 1.19. The largest absolute Gasteiger partial charge is 0.339 e. The molecule has 6 nitrogen and oxygen atoms in total. The van der Waals surface area contributed by atoms with Crippen molar-refractivity contribution in [3.8, 4) is 11.4 Å². The summed E-state index contributed by atoms with van der Waals surface area (Å²) in [7, 11) is 0. The smallest absolute Gasteiger partial charge is 0.228 e. The van der Waals surface area contributed by atoms with E-state index in [4.69, 9.17) is 16.1 Å². The second kappa shape index (κ2) is 7.37. The fourth-order valence-electron chi connectivity index (χ4n) is 2.59. The zero-order valence-corrected chi connectivity index (χ0v) is 15.4. The van der Waals surface area contributed by atoms with Crippen molar-refractivity contribution < 1.29 is 4.52 Å². The summed E-state index contributed by atoms with van der Waals surface area (Å²) in [4.78, 5) is 4.42. The van der Waals surface area contributed by atoms with Crippen molar-refractivity contribution in [2.45, 2.75) is 39.2 Å². The number of aromatic nitrogens is 4. The summed E-state index contributed by atoms with van der Waals surface area (Å²) in [6.07, 6.45) is 2.54. The first-order valence-electron chi connectivity index (χ1n) is 8.25. The molecule has 2 aromatic heterocycles. The first kappa shape index (κ1) is 17.6. The van der Waals surface area contributed by atoms with E-state index in [1.54, 1.807) is 0 Å². The van der Waals surface area contributed by atoms with Crippen LogP contribution in [0.3, 0.4) is 0 Å². The van der Waals surface area contributed by atoms with Crippen molar-refractivity contribution in [2.75, 3.05) is 6.54 Å². The van der Waals surface area contributed by atoms with Crippen LogP contribution in [-0.2, 0) is 18.4 Å². The van der Waals surface area contributed by atoms with Gasteiger partial charge in [0, 0.05) is 46.8 Å². The standard InChI is InChI=1S/C18H22ClN5O/c1-18(2,3)16-13(11-21-23-16)10-20-9-8-15-22-17(24-25-15)12-4-6-14(19)7-5-12/h4-7,11,20H,8-10H2,1-3H3,(H,21,23). The summed E-state index contributed by atoms with van der Waals surface area (Å²) in [6.45, 7) is 8.00. The summed E-state index contributed by atoms with van der Waals surface area (Å²) in [6, 6.07) is 7.38. The molecule has 0 aliphatic carbocycles. The van der Waals surface area contributed by atoms with E-state index in [-0.39, 0.29) is 5.41 Å². The van der Waals surface area contributed by atoms with Gasteiger partial charge in [-0.2, -0.15) is 10.1 Å². The van der Waals surface area contributed by atoms with Gasteiger partial charge in [-0.25, -0.2) is 0 Å². The Labute approximate surface area is 152 Å². The van der Waals surface area contributed by atoms with Gasteiger partial charge in [0.15, 0.2) is 0 Å². The number of hydrogen-bond acceptors (Lipinski definition) is 5. The minimum absolute atomic E-state index is 0.0491. The van der Waals surface area contributed by atoms with Gasteiger partial charge in [-0.15, -0.1) is 0 Å². The molecule has 2 heterocycles. The maximum Gasteiger partial charge on any atom is 0.228 e. The number of hydrogen-bond donors (Lipinski definition) is 2. The molecule has 0 fully saturated rings. The van der Waals surface area contributed by atoms with E-state index in [1.807, 2.05) is 30.5 Å². The molecule has 0 radical (unpaired) electrons. The van der Waals surface area contributed by atoms with Crippen LogP contribution in [0.1, 0.15) is 37.9 Å². The molecule has 0 aliphatic heterocycles. The van der Waals surface area contributed by atoms with E-state index >= 15 is 0 Å². The number of aromatic amines is 1. The first-order chi connectivity index (χ1) is 11.9. The summed E-state index contributed by atoms with van der Waals surface area (Å²) < 4.78 is 5.31. The predicted molar refractivity (Wildman–Crippen MR) is 97.4 cm³/mol. The molecular weight excluding hydrogens is 338 g/mol. The second-order valence-electron chi connectivity index (χ2n) is 6.97. The Hall–Kier alpha value is -2.18. The van der Waals surface area contributed by atoms with Crippen LogP contribution in [0.25, 0.3) is 11.4 Å². The van der Waals surface area contributed by atoms with E-state index in [1.165, 1.54) is 5.56 Å². The molecule has 3 aromatic rings. The first-order valence-corrected chi connectivity index (χ1v) is 8.63. The maximum absolute atomic E-state index is 5.89. The maximum atomic E-state index is 5.89. The fourth-order valence-corrected chi connectivity index (χ4v) is 2.71. The van der Waals surface area contributed by atoms with Crippen molar-refractivity contribution in [1.82, 2.24) is 25.7 Å². The highest BCUT2D eigenvalue weighted by molar-refractivity contribution is 6.30. The minimum atomic E-state index is 0.0491. The topological polar surface area (TPSA) is 79.6 Å². The van der Waals surface area contributed by atoms with E-state index in [0.717, 1.165) is 24.3 Å². The van der Waals surface area contributed by atoms with Gasteiger partial charge in [0.1, 0.15) is 0 Å². The summed E-state index contributed by atoms with van der Waals surface area (Å²) in [5.41, 5.74) is 3.27. The highest BCUT2D eigenvalue weighted by atomic mass is 35.5. The highest BCUT2D eigenvalue weighted by Crippen LogP contribution is 2.23. The van der Waals surface area contributed by atoms with Crippen molar-refractivity contribution >= 4 is 11.6 Å². The Morgan fingerprint density at radius 1 is 1.20 bits per heavy atom. The normalized spacial score (nSPS) is 11.8. The molecule has 0 spiro atoms. The Morgan fingerprint density at radius 2 is 1.96 bits per heavy atom. The van der Waals surface area contributed by atoms with Gasteiger partial charge in [-0.3, -0.25) is 5.10 Å². The van der Waals surface area contributed by atoms with Crippen LogP contribution < -0.4 is 5.32 Å². The summed E-state index contributed by atoms with van der Waals surface area (Å²) >= 11 is 5.89. The van der Waals surface area contributed by atoms with Crippen molar-refractivity contribution in [3.05, 3.63) is 52.6 Å². The van der Waals surface area contributed by atoms with Gasteiger partial charge in [-0.1, -0.05) is 37.5 Å². The molecule has 0 aliphatic rings. The average molecular weight is 360 g/mol. The SMILES string of the molecule is CC(C)(C)c1[nH]ncc1CNCCc1nc(-c2ccc(Cl)cc2)no1. The number of rotatable bonds is 6. The molecule has 0 saturated heterocycles. The van der Waals surface area contributed by atoms with E-state index in [0.29, 0.717) is 23.2 Å². The molecule has 3 rings (SSSR count). The third kappa shape index (κ3) is 4.46. The molecule has 1 aromatic carbocycles. The van der Waals surface area contributed by atoms with E-state index in [2.05, 4.69) is 46.4 Å². The Balaban J connectivity index is 1.52. The number of nitrogens with zero attached hydrogens (tertiary/aromatic N) is 3. The van der Waals surface area contributed by atoms with Gasteiger partial charge < -0.3 is 9.84 Å². The molecule has 0 bridgehead atoms. The third-order valence-electron chi connectivity index (χ3n) is 3.87. The number of halogens is 1. The quantitative estimate of drug-likeness (QED) is 0.655. The van der Waals surface area contributed by atoms with Crippen LogP contribution in [0.5, 0.6) is 0 Å². The lowest BCUT2D eigenvalue weighted by Crippen LogP contribution is -2.20. The van der Waals surface area contributed by atoms with Crippen molar-refractivity contribution in [3.63, 3.8) is 0 Å². The molecule has 0 saturated carbocycles. The molecule has 2 N–H and O–H groups in total.